The Hall–Kier alpha value is -1.68. The Morgan fingerprint density at radius 2 is 2.22 bits per heavy atom. The third kappa shape index (κ3) is 1.82. The number of nitrogens with zero attached hydrogens (tertiary/aromatic N) is 2. The average molecular weight is 243 g/mol. The number of hydrogen-bond donors (Lipinski definition) is 1. The molecule has 0 aliphatic carbocycles. The maximum Gasteiger partial charge on any atom is 0.145 e. The molecule has 3 rings (SSSR count). The van der Waals surface area contributed by atoms with Crippen LogP contribution in [-0.2, 0) is 0 Å². The van der Waals surface area contributed by atoms with Crippen LogP contribution >= 0.6 is 0 Å². The van der Waals surface area contributed by atoms with Gasteiger partial charge in [0.1, 0.15) is 17.1 Å². The molecule has 1 saturated heterocycles. The summed E-state index contributed by atoms with van der Waals surface area (Å²) in [5.74, 6) is 2.19. The Kier molecular flexibility index (Phi) is 2.88. The normalized spacial score (nSPS) is 19.3. The van der Waals surface area contributed by atoms with Crippen molar-refractivity contribution in [3.05, 3.63) is 29.7 Å². The van der Waals surface area contributed by atoms with Crippen molar-refractivity contribution in [3.63, 3.8) is 0 Å². The Labute approximate surface area is 106 Å². The number of aromatic nitrogens is 2. The van der Waals surface area contributed by atoms with Crippen molar-refractivity contribution in [2.24, 2.45) is 0 Å². The maximum absolute atomic E-state index is 5.39. The highest BCUT2D eigenvalue weighted by molar-refractivity contribution is 5.86. The number of nitrogens with one attached hydrogen (secondary N) is 1. The molecule has 1 aliphatic heterocycles. The topological polar surface area (TPSA) is 47.0 Å². The molecule has 1 unspecified atom stereocenters. The summed E-state index contributed by atoms with van der Waals surface area (Å²) in [5, 5.41) is 4.43. The molecule has 1 aromatic carbocycles. The van der Waals surface area contributed by atoms with E-state index in [-0.39, 0.29) is 0 Å². The average Bonchev–Trinajstić information content (AvgIpc) is 2.92. The first-order chi connectivity index (χ1) is 8.79. The highest BCUT2D eigenvalue weighted by Gasteiger charge is 2.21. The van der Waals surface area contributed by atoms with Gasteiger partial charge in [0.15, 0.2) is 0 Å². The van der Waals surface area contributed by atoms with Crippen molar-refractivity contribution in [2.75, 3.05) is 20.2 Å². The van der Waals surface area contributed by atoms with Crippen LogP contribution in [0.25, 0.3) is 10.9 Å². The fourth-order valence-electron chi connectivity index (χ4n) is 2.52. The lowest BCUT2D eigenvalue weighted by Gasteiger charge is -2.12. The molecule has 18 heavy (non-hydrogen) atoms. The van der Waals surface area contributed by atoms with Crippen LogP contribution in [0.3, 0.4) is 0 Å². The number of hydrogen-bond acceptors (Lipinski definition) is 4. The first kappa shape index (κ1) is 11.4. The summed E-state index contributed by atoms with van der Waals surface area (Å²) in [4.78, 5) is 9.36. The van der Waals surface area contributed by atoms with E-state index in [1.807, 2.05) is 25.1 Å². The van der Waals surface area contributed by atoms with Crippen molar-refractivity contribution < 1.29 is 4.74 Å². The molecule has 2 aromatic rings. The van der Waals surface area contributed by atoms with Crippen LogP contribution in [0.5, 0.6) is 5.75 Å². The maximum atomic E-state index is 5.39. The number of rotatable bonds is 2. The van der Waals surface area contributed by atoms with Gasteiger partial charge in [0.2, 0.25) is 0 Å². The molecule has 0 radical (unpaired) electrons. The largest absolute Gasteiger partial charge is 0.494 e. The highest BCUT2D eigenvalue weighted by atomic mass is 16.5. The second-order valence-electron chi connectivity index (χ2n) is 4.71. The predicted octanol–water partition coefficient (Wildman–Crippen LogP) is 2.02. The monoisotopic (exact) mass is 243 g/mol. The van der Waals surface area contributed by atoms with Crippen molar-refractivity contribution in [1.82, 2.24) is 15.3 Å². The van der Waals surface area contributed by atoms with E-state index in [2.05, 4.69) is 10.3 Å². The predicted molar refractivity (Wildman–Crippen MR) is 71.1 cm³/mol. The van der Waals surface area contributed by atoms with Gasteiger partial charge >= 0.3 is 0 Å². The van der Waals surface area contributed by atoms with Crippen LogP contribution in [0.15, 0.2) is 18.2 Å². The highest BCUT2D eigenvalue weighted by Crippen LogP contribution is 2.28. The van der Waals surface area contributed by atoms with Crippen molar-refractivity contribution in [1.29, 1.82) is 0 Å². The third-order valence-electron chi connectivity index (χ3n) is 3.54. The quantitative estimate of drug-likeness (QED) is 0.876. The summed E-state index contributed by atoms with van der Waals surface area (Å²) in [7, 11) is 1.68. The molecule has 1 aliphatic rings. The molecule has 1 atom stereocenters. The molecule has 94 valence electrons. The fraction of sp³-hybridized carbons (Fsp3) is 0.429. The summed E-state index contributed by atoms with van der Waals surface area (Å²) in [5.41, 5.74) is 1.95. The van der Waals surface area contributed by atoms with E-state index >= 15 is 0 Å². The lowest BCUT2D eigenvalue weighted by atomic mass is 10.1. The molecule has 0 saturated carbocycles. The molecule has 4 nitrogen and oxygen atoms in total. The molecule has 1 N–H and O–H groups in total. The fourth-order valence-corrected chi connectivity index (χ4v) is 2.52. The first-order valence-electron chi connectivity index (χ1n) is 6.31. The van der Waals surface area contributed by atoms with Crippen LogP contribution in [0.4, 0.5) is 0 Å². The minimum Gasteiger partial charge on any atom is -0.494 e. The minimum atomic E-state index is 0.429. The standard InChI is InChI=1S/C14H17N3O/c1-9-11-4-3-5-12(18-2)13(11)17-14(16-9)10-6-7-15-8-10/h3-5,10,15H,6-8H2,1-2H3. The SMILES string of the molecule is COc1cccc2c(C)nc(C3CCNC3)nc12. The molecule has 0 amide bonds. The van der Waals surface area contributed by atoms with Crippen LogP contribution < -0.4 is 10.1 Å². The molecule has 0 spiro atoms. The molecular weight excluding hydrogens is 226 g/mol. The number of fused-ring (bicyclic) bond motifs is 1. The van der Waals surface area contributed by atoms with Crippen molar-refractivity contribution in [2.45, 2.75) is 19.3 Å². The molecule has 0 bridgehead atoms. The zero-order chi connectivity index (χ0) is 12.5. The van der Waals surface area contributed by atoms with Gasteiger partial charge < -0.3 is 10.1 Å². The number of aryl methyl sites for hydroxylation is 1. The van der Waals surface area contributed by atoms with E-state index in [0.717, 1.165) is 47.7 Å². The van der Waals surface area contributed by atoms with E-state index in [0.29, 0.717) is 5.92 Å². The number of para-hydroxylation sites is 1. The minimum absolute atomic E-state index is 0.429. The van der Waals surface area contributed by atoms with Crippen LogP contribution in [-0.4, -0.2) is 30.2 Å². The van der Waals surface area contributed by atoms with E-state index in [9.17, 15) is 0 Å². The zero-order valence-electron chi connectivity index (χ0n) is 10.7. The van der Waals surface area contributed by atoms with Gasteiger partial charge in [-0.05, 0) is 26.0 Å². The number of methoxy groups -OCH3 is 1. The molecule has 1 fully saturated rings. The van der Waals surface area contributed by atoms with Crippen LogP contribution in [0, 0.1) is 6.92 Å². The number of benzene rings is 1. The van der Waals surface area contributed by atoms with Gasteiger partial charge in [-0.15, -0.1) is 0 Å². The van der Waals surface area contributed by atoms with E-state index < -0.39 is 0 Å². The molecule has 4 heteroatoms. The Bertz CT molecular complexity index is 577. The first-order valence-corrected chi connectivity index (χ1v) is 6.31. The Balaban J connectivity index is 2.18. The summed E-state index contributed by atoms with van der Waals surface area (Å²) in [6, 6.07) is 5.98. The Morgan fingerprint density at radius 3 is 2.94 bits per heavy atom. The lowest BCUT2D eigenvalue weighted by Crippen LogP contribution is -2.11. The van der Waals surface area contributed by atoms with Gasteiger partial charge in [-0.25, -0.2) is 9.97 Å². The zero-order valence-corrected chi connectivity index (χ0v) is 10.7. The van der Waals surface area contributed by atoms with Gasteiger partial charge in [-0.2, -0.15) is 0 Å². The van der Waals surface area contributed by atoms with Gasteiger partial charge in [0.25, 0.3) is 0 Å². The lowest BCUT2D eigenvalue weighted by molar-refractivity contribution is 0.418. The van der Waals surface area contributed by atoms with Gasteiger partial charge in [0.05, 0.1) is 7.11 Å². The Morgan fingerprint density at radius 1 is 1.33 bits per heavy atom. The second kappa shape index (κ2) is 4.53. The summed E-state index contributed by atoms with van der Waals surface area (Å²) < 4.78 is 5.39. The third-order valence-corrected chi connectivity index (χ3v) is 3.54. The molecular formula is C14H17N3O. The second-order valence-corrected chi connectivity index (χ2v) is 4.71. The summed E-state index contributed by atoms with van der Waals surface area (Å²) in [6.45, 7) is 4.06. The summed E-state index contributed by atoms with van der Waals surface area (Å²) >= 11 is 0. The van der Waals surface area contributed by atoms with Crippen LogP contribution in [0.2, 0.25) is 0 Å². The van der Waals surface area contributed by atoms with Crippen LogP contribution in [0.1, 0.15) is 23.9 Å². The van der Waals surface area contributed by atoms with Gasteiger partial charge in [0, 0.05) is 23.5 Å². The number of ether oxygens (including phenoxy) is 1. The molecule has 1 aromatic heterocycles. The molecule has 2 heterocycles. The van der Waals surface area contributed by atoms with Gasteiger partial charge in [-0.1, -0.05) is 12.1 Å². The smallest absolute Gasteiger partial charge is 0.145 e. The van der Waals surface area contributed by atoms with Crippen molar-refractivity contribution >= 4 is 10.9 Å². The van der Waals surface area contributed by atoms with E-state index in [4.69, 9.17) is 9.72 Å². The van der Waals surface area contributed by atoms with E-state index in [1.54, 1.807) is 7.11 Å². The van der Waals surface area contributed by atoms with E-state index in [1.165, 1.54) is 0 Å². The van der Waals surface area contributed by atoms with Gasteiger partial charge in [-0.3, -0.25) is 0 Å². The van der Waals surface area contributed by atoms with Crippen molar-refractivity contribution in [3.8, 4) is 5.75 Å². The summed E-state index contributed by atoms with van der Waals surface area (Å²) in [6.07, 6.45) is 1.11.